The van der Waals surface area contributed by atoms with Crippen LogP contribution < -0.4 is 0 Å². The molecule has 72 valence electrons. The van der Waals surface area contributed by atoms with Crippen LogP contribution in [0.5, 0.6) is 0 Å². The maximum absolute atomic E-state index is 2.99. The van der Waals surface area contributed by atoms with E-state index in [4.69, 9.17) is 0 Å². The summed E-state index contributed by atoms with van der Waals surface area (Å²) >= 11 is 1.74. The number of hydrogen-bond donors (Lipinski definition) is 0. The average molecular weight is 280 g/mol. The molecule has 0 fully saturated rings. The molecule has 2 rings (SSSR count). The molecule has 0 spiro atoms. The third-order valence-corrected chi connectivity index (χ3v) is 1.17. The SMILES string of the molecule is C[Si](C)=[Zr+2].[C-]1=CC=CC1.[C-]1=CC=CC1. The van der Waals surface area contributed by atoms with Gasteiger partial charge in [0.25, 0.3) is 0 Å². The minimum absolute atomic E-state index is 0.210. The normalized spacial score (nSPS) is 14.6. The van der Waals surface area contributed by atoms with E-state index in [0.717, 1.165) is 12.8 Å². The fourth-order valence-corrected chi connectivity index (χ4v) is 0.680. The molecule has 0 aromatic carbocycles. The largest absolute Gasteiger partial charge is 0.273 e. The fourth-order valence-electron chi connectivity index (χ4n) is 0.680. The molecule has 0 atom stereocenters. The molecule has 0 aromatic rings. The first kappa shape index (κ1) is 14.1. The number of hydrogen-bond acceptors (Lipinski definition) is 0. The second kappa shape index (κ2) is 11.1. The van der Waals surface area contributed by atoms with Crippen LogP contribution in [0.15, 0.2) is 36.5 Å². The van der Waals surface area contributed by atoms with Crippen LogP contribution in [-0.2, 0) is 23.3 Å². The summed E-state index contributed by atoms with van der Waals surface area (Å²) in [6, 6.07) is 0. The van der Waals surface area contributed by atoms with Crippen LogP contribution in [0.4, 0.5) is 0 Å². The van der Waals surface area contributed by atoms with Crippen molar-refractivity contribution >= 4 is 5.43 Å². The van der Waals surface area contributed by atoms with Crippen LogP contribution in [0.3, 0.4) is 0 Å². The average Bonchev–Trinajstić information content (AvgIpc) is 2.83. The van der Waals surface area contributed by atoms with Crippen molar-refractivity contribution in [3.05, 3.63) is 48.6 Å². The van der Waals surface area contributed by atoms with Gasteiger partial charge in [-0.25, -0.2) is 24.3 Å². The van der Waals surface area contributed by atoms with Gasteiger partial charge in [-0.2, -0.15) is 12.2 Å². The Morgan fingerprint density at radius 2 is 1.36 bits per heavy atom. The van der Waals surface area contributed by atoms with Gasteiger partial charge in [-0.3, -0.25) is 12.2 Å². The first-order chi connectivity index (χ1) is 6.73. The third-order valence-electron chi connectivity index (χ3n) is 1.17. The van der Waals surface area contributed by atoms with Gasteiger partial charge in [0.05, 0.1) is 0 Å². The Hall–Kier alpha value is 0.0600. The van der Waals surface area contributed by atoms with Crippen molar-refractivity contribution in [2.75, 3.05) is 0 Å². The van der Waals surface area contributed by atoms with Gasteiger partial charge in [-0.05, 0) is 0 Å². The molecule has 0 N–H and O–H groups in total. The van der Waals surface area contributed by atoms with Gasteiger partial charge in [0.2, 0.25) is 0 Å². The summed E-state index contributed by atoms with van der Waals surface area (Å²) in [4.78, 5) is 0. The van der Waals surface area contributed by atoms with Crippen molar-refractivity contribution in [1.29, 1.82) is 0 Å². The Morgan fingerprint density at radius 1 is 1.00 bits per heavy atom. The summed E-state index contributed by atoms with van der Waals surface area (Å²) < 4.78 is 0. The second-order valence-electron chi connectivity index (χ2n) is 3.01. The minimum atomic E-state index is 0.210. The molecule has 0 aliphatic heterocycles. The Balaban J connectivity index is 0.000000183. The van der Waals surface area contributed by atoms with E-state index in [2.05, 4.69) is 37.4 Å². The molecule has 0 radical (unpaired) electrons. The molecule has 0 heterocycles. The van der Waals surface area contributed by atoms with E-state index in [9.17, 15) is 0 Å². The Labute approximate surface area is 103 Å². The molecular weight excluding hydrogens is 263 g/mol. The van der Waals surface area contributed by atoms with Crippen LogP contribution in [0.1, 0.15) is 12.8 Å². The van der Waals surface area contributed by atoms with Crippen LogP contribution in [0.25, 0.3) is 0 Å². The summed E-state index contributed by atoms with van der Waals surface area (Å²) in [5, 5.41) is 0. The molecule has 2 aliphatic carbocycles. The molecule has 0 saturated heterocycles. The number of allylic oxidation sites excluding steroid dienone is 8. The second-order valence-corrected chi connectivity index (χ2v) is 12.4. The molecule has 0 unspecified atom stereocenters. The van der Waals surface area contributed by atoms with E-state index in [0.29, 0.717) is 0 Å². The summed E-state index contributed by atoms with van der Waals surface area (Å²) in [6.45, 7) is 4.62. The molecule has 0 bridgehead atoms. The molecule has 14 heavy (non-hydrogen) atoms. The van der Waals surface area contributed by atoms with Gasteiger partial charge >= 0.3 is 41.9 Å². The maximum atomic E-state index is 2.99. The zero-order valence-electron chi connectivity index (χ0n) is 8.88. The van der Waals surface area contributed by atoms with Crippen molar-refractivity contribution in [3.63, 3.8) is 0 Å². The first-order valence-corrected chi connectivity index (χ1v) is 10.9. The Bertz CT molecular complexity index is 213. The predicted molar refractivity (Wildman–Crippen MR) is 60.6 cm³/mol. The number of rotatable bonds is 0. The van der Waals surface area contributed by atoms with Crippen LogP contribution >= 0.6 is 0 Å². The standard InChI is InChI=1S/2C5H5.C2H6Si.Zr/c2*1-2-4-5-3-1;1-3-2;/h2*1-3H,4H2;1-2H3;/q2*-1;;+2. The van der Waals surface area contributed by atoms with Crippen molar-refractivity contribution in [3.8, 4) is 0 Å². The van der Waals surface area contributed by atoms with Crippen LogP contribution in [0.2, 0.25) is 13.1 Å². The summed E-state index contributed by atoms with van der Waals surface area (Å²) in [5.74, 6) is 0. The quantitative estimate of drug-likeness (QED) is 0.471. The van der Waals surface area contributed by atoms with Crippen molar-refractivity contribution in [2.45, 2.75) is 25.9 Å². The fraction of sp³-hybridized carbons (Fsp3) is 0.333. The van der Waals surface area contributed by atoms with Gasteiger partial charge < -0.3 is 0 Å². The molecule has 0 nitrogen and oxygen atoms in total. The molecule has 0 aromatic heterocycles. The van der Waals surface area contributed by atoms with Crippen molar-refractivity contribution in [1.82, 2.24) is 0 Å². The molecular formula is C12H16SiZr. The van der Waals surface area contributed by atoms with E-state index < -0.39 is 0 Å². The molecule has 0 saturated carbocycles. The van der Waals surface area contributed by atoms with Crippen LogP contribution in [-0.4, -0.2) is 5.43 Å². The zero-order chi connectivity index (χ0) is 10.6. The van der Waals surface area contributed by atoms with Crippen molar-refractivity contribution in [2.24, 2.45) is 0 Å². The van der Waals surface area contributed by atoms with E-state index in [1.807, 2.05) is 24.3 Å². The van der Waals surface area contributed by atoms with Gasteiger partial charge in [-0.15, -0.1) is 12.8 Å². The predicted octanol–water partition coefficient (Wildman–Crippen LogP) is 3.40. The third kappa shape index (κ3) is 14.6. The van der Waals surface area contributed by atoms with Gasteiger partial charge in [0.1, 0.15) is 0 Å². The molecule has 2 aliphatic rings. The molecule has 0 amide bonds. The zero-order valence-corrected chi connectivity index (χ0v) is 12.3. The smallest absolute Gasteiger partial charge is 0.109 e. The summed E-state index contributed by atoms with van der Waals surface area (Å²) in [6.07, 6.45) is 20.0. The van der Waals surface area contributed by atoms with Gasteiger partial charge in [0.15, 0.2) is 0 Å². The monoisotopic (exact) mass is 278 g/mol. The minimum Gasteiger partial charge on any atom is -0.273 e. The van der Waals surface area contributed by atoms with Gasteiger partial charge in [-0.1, -0.05) is 0 Å². The van der Waals surface area contributed by atoms with Crippen molar-refractivity contribution < 1.29 is 23.3 Å². The summed E-state index contributed by atoms with van der Waals surface area (Å²) in [5.41, 5.74) is 0.210. The first-order valence-electron chi connectivity index (χ1n) is 4.68. The van der Waals surface area contributed by atoms with E-state index in [1.54, 1.807) is 23.3 Å². The van der Waals surface area contributed by atoms with E-state index in [-0.39, 0.29) is 5.43 Å². The molecule has 2 heteroatoms. The van der Waals surface area contributed by atoms with E-state index in [1.165, 1.54) is 0 Å². The van der Waals surface area contributed by atoms with Crippen LogP contribution in [0, 0.1) is 12.2 Å². The van der Waals surface area contributed by atoms with E-state index >= 15 is 0 Å². The Kier molecular flexibility index (Phi) is 11.2. The topological polar surface area (TPSA) is 0 Å². The maximum Gasteiger partial charge on any atom is -0.109 e. The van der Waals surface area contributed by atoms with Gasteiger partial charge in [0, 0.05) is 0 Å². The summed E-state index contributed by atoms with van der Waals surface area (Å²) in [7, 11) is 0. The Morgan fingerprint density at radius 3 is 1.43 bits per heavy atom.